The lowest BCUT2D eigenvalue weighted by Crippen LogP contribution is -2.36. The van der Waals surface area contributed by atoms with Crippen LogP contribution in [0.1, 0.15) is 15.9 Å². The Morgan fingerprint density at radius 3 is 2.65 bits per heavy atom. The topological polar surface area (TPSA) is 59.4 Å². The summed E-state index contributed by atoms with van der Waals surface area (Å²) in [6, 6.07) is 19.8. The van der Waals surface area contributed by atoms with Crippen molar-refractivity contribution < 1.29 is 9.53 Å². The molecule has 0 atom stereocenters. The summed E-state index contributed by atoms with van der Waals surface area (Å²) in [7, 11) is 0. The molecule has 0 unspecified atom stereocenters. The first kappa shape index (κ1) is 19.3. The zero-order chi connectivity index (χ0) is 21.0. The molecule has 2 aromatic carbocycles. The van der Waals surface area contributed by atoms with E-state index in [0.29, 0.717) is 12.1 Å². The molecule has 1 aliphatic rings. The SMILES string of the molecule is O=C(Nc1ccc(N2CCOCC2)cc1)c1ccccc1Cn1ccc2cnccc21. The Kier molecular flexibility index (Phi) is 5.37. The Bertz CT molecular complexity index is 1190. The average molecular weight is 412 g/mol. The van der Waals surface area contributed by atoms with E-state index in [1.165, 1.54) is 0 Å². The first-order valence-corrected chi connectivity index (χ1v) is 10.5. The third-order valence-corrected chi connectivity index (χ3v) is 5.68. The van der Waals surface area contributed by atoms with Gasteiger partial charge in [0.15, 0.2) is 0 Å². The van der Waals surface area contributed by atoms with Gasteiger partial charge in [-0.3, -0.25) is 9.78 Å². The van der Waals surface area contributed by atoms with Crippen molar-refractivity contribution in [1.29, 1.82) is 0 Å². The number of rotatable bonds is 5. The van der Waals surface area contributed by atoms with E-state index in [1.807, 2.05) is 73.1 Å². The van der Waals surface area contributed by atoms with Gasteiger partial charge in [0.05, 0.1) is 18.7 Å². The number of anilines is 2. The minimum Gasteiger partial charge on any atom is -0.378 e. The van der Waals surface area contributed by atoms with Crippen molar-refractivity contribution >= 4 is 28.2 Å². The lowest BCUT2D eigenvalue weighted by Gasteiger charge is -2.28. The van der Waals surface area contributed by atoms with Crippen LogP contribution in [-0.2, 0) is 11.3 Å². The summed E-state index contributed by atoms with van der Waals surface area (Å²) in [5.74, 6) is -0.104. The van der Waals surface area contributed by atoms with E-state index in [0.717, 1.165) is 54.1 Å². The van der Waals surface area contributed by atoms with E-state index in [-0.39, 0.29) is 5.91 Å². The Hall–Kier alpha value is -3.64. The summed E-state index contributed by atoms with van der Waals surface area (Å²) in [4.78, 5) is 19.5. The minimum absolute atomic E-state index is 0.104. The van der Waals surface area contributed by atoms with Gasteiger partial charge >= 0.3 is 0 Å². The molecule has 6 nitrogen and oxygen atoms in total. The van der Waals surface area contributed by atoms with Crippen LogP contribution in [-0.4, -0.2) is 41.8 Å². The number of ether oxygens (including phenoxy) is 1. The maximum absolute atomic E-state index is 13.1. The van der Waals surface area contributed by atoms with Gasteiger partial charge in [0.1, 0.15) is 0 Å². The predicted octanol–water partition coefficient (Wildman–Crippen LogP) is 4.17. The van der Waals surface area contributed by atoms with Crippen molar-refractivity contribution in [2.75, 3.05) is 36.5 Å². The summed E-state index contributed by atoms with van der Waals surface area (Å²) in [5, 5.41) is 4.13. The van der Waals surface area contributed by atoms with Gasteiger partial charge in [-0.25, -0.2) is 0 Å². The normalized spacial score (nSPS) is 14.0. The first-order valence-electron chi connectivity index (χ1n) is 10.5. The Labute approximate surface area is 181 Å². The van der Waals surface area contributed by atoms with Gasteiger partial charge in [0.2, 0.25) is 0 Å². The molecule has 6 heteroatoms. The highest BCUT2D eigenvalue weighted by atomic mass is 16.5. The third-order valence-electron chi connectivity index (χ3n) is 5.68. The number of aromatic nitrogens is 2. The molecule has 1 fully saturated rings. The summed E-state index contributed by atoms with van der Waals surface area (Å²) < 4.78 is 7.55. The molecular weight excluding hydrogens is 388 g/mol. The second kappa shape index (κ2) is 8.62. The standard InChI is InChI=1S/C25H24N4O2/c30-25(27-21-5-7-22(8-6-21)28-13-15-31-16-14-28)23-4-2-1-3-20(23)18-29-12-10-19-17-26-11-9-24(19)29/h1-12,17H,13-16,18H2,(H,27,30). The smallest absolute Gasteiger partial charge is 0.256 e. The van der Waals surface area contributed by atoms with Crippen molar-refractivity contribution in [1.82, 2.24) is 9.55 Å². The fourth-order valence-corrected chi connectivity index (χ4v) is 4.02. The second-order valence-corrected chi connectivity index (χ2v) is 7.64. The zero-order valence-corrected chi connectivity index (χ0v) is 17.2. The number of hydrogen-bond acceptors (Lipinski definition) is 4. The number of carbonyl (C=O) groups excluding carboxylic acids is 1. The molecule has 4 aromatic rings. The van der Waals surface area contributed by atoms with E-state index in [9.17, 15) is 4.79 Å². The van der Waals surface area contributed by atoms with Gasteiger partial charge in [-0.05, 0) is 48.0 Å². The number of nitrogens with one attached hydrogen (secondary N) is 1. The predicted molar refractivity (Wildman–Crippen MR) is 123 cm³/mol. The van der Waals surface area contributed by atoms with Crippen LogP contribution in [0.4, 0.5) is 11.4 Å². The molecule has 1 N–H and O–H groups in total. The third kappa shape index (κ3) is 4.15. The molecule has 31 heavy (non-hydrogen) atoms. The molecule has 0 saturated carbocycles. The molecule has 5 rings (SSSR count). The maximum atomic E-state index is 13.1. The number of pyridine rings is 1. The molecule has 1 saturated heterocycles. The van der Waals surface area contributed by atoms with Crippen molar-refractivity contribution in [3.63, 3.8) is 0 Å². The van der Waals surface area contributed by atoms with Gasteiger partial charge in [-0.1, -0.05) is 18.2 Å². The van der Waals surface area contributed by atoms with Crippen LogP contribution >= 0.6 is 0 Å². The zero-order valence-electron chi connectivity index (χ0n) is 17.2. The molecule has 0 radical (unpaired) electrons. The fraction of sp³-hybridized carbons (Fsp3) is 0.200. The molecule has 156 valence electrons. The van der Waals surface area contributed by atoms with E-state index in [2.05, 4.69) is 19.8 Å². The van der Waals surface area contributed by atoms with Gasteiger partial charge in [0.25, 0.3) is 5.91 Å². The molecule has 3 heterocycles. The summed E-state index contributed by atoms with van der Waals surface area (Å²) in [5.41, 5.74) is 4.68. The number of morpholine rings is 1. The summed E-state index contributed by atoms with van der Waals surface area (Å²) >= 11 is 0. The van der Waals surface area contributed by atoms with Crippen LogP contribution in [0.2, 0.25) is 0 Å². The van der Waals surface area contributed by atoms with Crippen molar-refractivity contribution in [3.05, 3.63) is 90.4 Å². The minimum atomic E-state index is -0.104. The maximum Gasteiger partial charge on any atom is 0.256 e. The van der Waals surface area contributed by atoms with Crippen LogP contribution in [0.3, 0.4) is 0 Å². The largest absolute Gasteiger partial charge is 0.378 e. The molecule has 0 aliphatic carbocycles. The average Bonchev–Trinajstić information content (AvgIpc) is 3.23. The lowest BCUT2D eigenvalue weighted by atomic mass is 10.1. The van der Waals surface area contributed by atoms with Crippen molar-refractivity contribution in [2.24, 2.45) is 0 Å². The van der Waals surface area contributed by atoms with Gasteiger partial charge in [-0.2, -0.15) is 0 Å². The van der Waals surface area contributed by atoms with Crippen molar-refractivity contribution in [2.45, 2.75) is 6.54 Å². The molecule has 2 aromatic heterocycles. The number of nitrogens with zero attached hydrogens (tertiary/aromatic N) is 3. The Balaban J connectivity index is 1.33. The molecule has 0 bridgehead atoms. The van der Waals surface area contributed by atoms with E-state index >= 15 is 0 Å². The molecule has 1 amide bonds. The fourth-order valence-electron chi connectivity index (χ4n) is 4.02. The van der Waals surface area contributed by atoms with Gasteiger partial charge in [0, 0.05) is 60.5 Å². The van der Waals surface area contributed by atoms with Crippen LogP contribution in [0.15, 0.2) is 79.3 Å². The second-order valence-electron chi connectivity index (χ2n) is 7.64. The van der Waals surface area contributed by atoms with E-state index in [4.69, 9.17) is 4.74 Å². The number of carbonyl (C=O) groups is 1. The lowest BCUT2D eigenvalue weighted by molar-refractivity contribution is 0.102. The highest BCUT2D eigenvalue weighted by molar-refractivity contribution is 6.05. The van der Waals surface area contributed by atoms with E-state index in [1.54, 1.807) is 6.20 Å². The molecule has 0 spiro atoms. The van der Waals surface area contributed by atoms with Crippen LogP contribution in [0.25, 0.3) is 10.9 Å². The number of hydrogen-bond donors (Lipinski definition) is 1. The number of benzene rings is 2. The molecular formula is C25H24N4O2. The highest BCUT2D eigenvalue weighted by Crippen LogP contribution is 2.21. The number of fused-ring (bicyclic) bond motifs is 1. The van der Waals surface area contributed by atoms with Gasteiger partial charge in [-0.15, -0.1) is 0 Å². The molecule has 1 aliphatic heterocycles. The van der Waals surface area contributed by atoms with Gasteiger partial charge < -0.3 is 19.5 Å². The Morgan fingerprint density at radius 1 is 1.00 bits per heavy atom. The summed E-state index contributed by atoms with van der Waals surface area (Å²) in [6.07, 6.45) is 5.68. The quantitative estimate of drug-likeness (QED) is 0.534. The van der Waals surface area contributed by atoms with Crippen molar-refractivity contribution in [3.8, 4) is 0 Å². The highest BCUT2D eigenvalue weighted by Gasteiger charge is 2.14. The van der Waals surface area contributed by atoms with Crippen LogP contribution in [0, 0.1) is 0 Å². The summed E-state index contributed by atoms with van der Waals surface area (Å²) in [6.45, 7) is 3.91. The van der Waals surface area contributed by atoms with Crippen LogP contribution < -0.4 is 10.2 Å². The Morgan fingerprint density at radius 2 is 1.81 bits per heavy atom. The number of amides is 1. The van der Waals surface area contributed by atoms with E-state index < -0.39 is 0 Å². The first-order chi connectivity index (χ1) is 15.3. The monoisotopic (exact) mass is 412 g/mol. The van der Waals surface area contributed by atoms with Crippen LogP contribution in [0.5, 0.6) is 0 Å².